The Balaban J connectivity index is 0.000000722. The Labute approximate surface area is 283 Å². The molecule has 1 saturated heterocycles. The van der Waals surface area contributed by atoms with E-state index in [1.54, 1.807) is 11.0 Å². The SMILES string of the molecule is N=C(N)c1ccc(OC(=O)c2ccc(CN3CCCC3C(=O)N[C@@H](CS(=O)(=O)O)C(=O)O)s2)c(F)c1.O=C(O)C(F)(F)F.O=C(OF)C(F)(F)F. The lowest BCUT2D eigenvalue weighted by Crippen LogP contribution is -2.51. The van der Waals surface area contributed by atoms with Gasteiger partial charge >= 0.3 is 36.2 Å². The Morgan fingerprint density at radius 3 is 2.08 bits per heavy atom. The predicted molar refractivity (Wildman–Crippen MR) is 153 cm³/mol. The number of nitrogens with zero attached hydrogens (tertiary/aromatic N) is 1. The number of carbonyl (C=O) groups is 5. The van der Waals surface area contributed by atoms with Crippen molar-refractivity contribution in [1.82, 2.24) is 10.2 Å². The van der Waals surface area contributed by atoms with Gasteiger partial charge in [0.2, 0.25) is 5.91 Å². The zero-order chi connectivity index (χ0) is 39.5. The molecule has 0 spiro atoms. The number of halogens is 8. The van der Waals surface area contributed by atoms with E-state index in [1.807, 2.05) is 4.94 Å². The van der Waals surface area contributed by atoms with Crippen molar-refractivity contribution in [2.45, 2.75) is 43.8 Å². The number of hydrogen-bond acceptors (Lipinski definition) is 12. The first-order valence-corrected chi connectivity index (χ1v) is 15.6. The number of alkyl halides is 6. The van der Waals surface area contributed by atoms with Crippen LogP contribution in [0, 0.1) is 11.2 Å². The first kappa shape index (κ1) is 44.1. The Bertz CT molecular complexity index is 1720. The van der Waals surface area contributed by atoms with Gasteiger partial charge in [-0.1, -0.05) is 0 Å². The Kier molecular flexibility index (Phi) is 15.8. The van der Waals surface area contributed by atoms with Crippen molar-refractivity contribution in [3.63, 3.8) is 0 Å². The van der Waals surface area contributed by atoms with Crippen LogP contribution >= 0.6 is 11.3 Å². The van der Waals surface area contributed by atoms with Crippen LogP contribution in [0.1, 0.15) is 33.0 Å². The molecule has 2 aromatic rings. The highest BCUT2D eigenvalue weighted by molar-refractivity contribution is 7.85. The van der Waals surface area contributed by atoms with Gasteiger partial charge in [-0.25, -0.2) is 28.5 Å². The highest BCUT2D eigenvalue weighted by Gasteiger charge is 2.42. The number of esters is 1. The third-order valence-electron chi connectivity index (χ3n) is 5.87. The fourth-order valence-electron chi connectivity index (χ4n) is 3.68. The van der Waals surface area contributed by atoms with Crippen LogP contribution < -0.4 is 15.8 Å². The maximum atomic E-state index is 14.2. The molecule has 1 unspecified atom stereocenters. The summed E-state index contributed by atoms with van der Waals surface area (Å²) in [7, 11) is -4.63. The number of benzene rings is 1. The summed E-state index contributed by atoms with van der Waals surface area (Å²) in [6.45, 7) is 0.743. The molecular formula is C25H24F8N4O12S2. The van der Waals surface area contributed by atoms with Crippen LogP contribution in [-0.4, -0.2) is 100 Å². The molecule has 1 aliphatic rings. The van der Waals surface area contributed by atoms with E-state index in [4.69, 9.17) is 40.2 Å². The average molecular weight is 789 g/mol. The topological polar surface area (TPSA) is 264 Å². The zero-order valence-corrected chi connectivity index (χ0v) is 26.6. The fraction of sp³-hybridized carbons (Fsp3) is 0.360. The lowest BCUT2D eigenvalue weighted by molar-refractivity contribution is -0.234. The molecule has 16 nitrogen and oxygen atoms in total. The van der Waals surface area contributed by atoms with Crippen molar-refractivity contribution in [3.8, 4) is 5.75 Å². The number of amides is 1. The van der Waals surface area contributed by atoms with Gasteiger partial charge in [0, 0.05) is 21.5 Å². The van der Waals surface area contributed by atoms with E-state index in [-0.39, 0.29) is 28.6 Å². The molecule has 7 N–H and O–H groups in total. The van der Waals surface area contributed by atoms with Crippen molar-refractivity contribution < 1.29 is 92.1 Å². The number of likely N-dealkylation sites (tertiary alicyclic amines) is 1. The van der Waals surface area contributed by atoms with Crippen LogP contribution in [-0.2, 0) is 40.8 Å². The Hall–Kier alpha value is -4.95. The smallest absolute Gasteiger partial charge is 0.480 e. The molecule has 0 bridgehead atoms. The molecule has 26 heteroatoms. The molecule has 0 aliphatic carbocycles. The van der Waals surface area contributed by atoms with Gasteiger partial charge in [-0.2, -0.15) is 34.8 Å². The van der Waals surface area contributed by atoms with E-state index in [9.17, 15) is 58.1 Å². The lowest BCUT2D eigenvalue weighted by Gasteiger charge is -2.24. The third-order valence-corrected chi connectivity index (χ3v) is 7.67. The van der Waals surface area contributed by atoms with E-state index >= 15 is 0 Å². The van der Waals surface area contributed by atoms with E-state index in [0.29, 0.717) is 24.3 Å². The number of nitrogens with one attached hydrogen (secondary N) is 2. The number of carbonyl (C=O) groups excluding carboxylic acids is 3. The van der Waals surface area contributed by atoms with Gasteiger partial charge < -0.3 is 26.0 Å². The Morgan fingerprint density at radius 1 is 1.06 bits per heavy atom. The number of ether oxygens (including phenoxy) is 1. The summed E-state index contributed by atoms with van der Waals surface area (Å²) < 4.78 is 125. The predicted octanol–water partition coefficient (Wildman–Crippen LogP) is 2.42. The zero-order valence-electron chi connectivity index (χ0n) is 25.0. The summed E-state index contributed by atoms with van der Waals surface area (Å²) in [5.74, 6) is -11.4. The number of carboxylic acid groups (broad SMARTS) is 2. The lowest BCUT2D eigenvalue weighted by atomic mass is 10.2. The van der Waals surface area contributed by atoms with Gasteiger partial charge in [0.05, 0.1) is 6.04 Å². The number of aliphatic carboxylic acids is 2. The second-order valence-electron chi connectivity index (χ2n) is 9.66. The average Bonchev–Trinajstić information content (AvgIpc) is 3.66. The van der Waals surface area contributed by atoms with Gasteiger partial charge in [0.25, 0.3) is 10.1 Å². The number of hydrogen-bond donors (Lipinski definition) is 6. The number of amidine groups is 1. The summed E-state index contributed by atoms with van der Waals surface area (Å²) in [5.41, 5.74) is 5.45. The number of nitrogens with two attached hydrogens (primary N) is 1. The standard InChI is InChI=1S/C21H23FN4O8S2.C2F4O2.C2HF3O2/c22-13-8-11(18(23)24)3-5-16(13)34-21(30)17-6-4-12(35-17)9-26-7-1-2-15(26)19(27)25-14(20(28)29)10-36(31,32)33;3-2(4,5)1(7)8-6;3-2(4,5)1(6)7/h3-6,8,14-15H,1-2,7,9-10H2,(H3,23,24)(H,25,27)(H,28,29)(H,31,32,33);;(H,6,7)/t14-,15?;;/m0../s1. The van der Waals surface area contributed by atoms with Crippen LogP contribution in [0.25, 0.3) is 0 Å². The molecule has 51 heavy (non-hydrogen) atoms. The van der Waals surface area contributed by atoms with E-state index in [0.717, 1.165) is 17.4 Å². The highest BCUT2D eigenvalue weighted by Crippen LogP contribution is 2.26. The normalized spacial score (nSPS) is 15.2. The first-order valence-electron chi connectivity index (χ1n) is 13.1. The van der Waals surface area contributed by atoms with Crippen LogP contribution in [0.15, 0.2) is 30.3 Å². The van der Waals surface area contributed by atoms with Crippen LogP contribution in [0.3, 0.4) is 0 Å². The van der Waals surface area contributed by atoms with E-state index in [1.165, 1.54) is 18.2 Å². The fourth-order valence-corrected chi connectivity index (χ4v) is 5.24. The first-order chi connectivity index (χ1) is 23.3. The van der Waals surface area contributed by atoms with Crippen molar-refractivity contribution >= 4 is 57.1 Å². The van der Waals surface area contributed by atoms with Crippen molar-refractivity contribution in [2.75, 3.05) is 12.3 Å². The van der Waals surface area contributed by atoms with Crippen molar-refractivity contribution in [1.29, 1.82) is 5.41 Å². The van der Waals surface area contributed by atoms with Gasteiger partial charge in [-0.05, 0) is 49.7 Å². The molecule has 2 heterocycles. The number of carboxylic acids is 2. The molecule has 284 valence electrons. The number of rotatable bonds is 10. The maximum Gasteiger partial charge on any atom is 0.494 e. The minimum absolute atomic E-state index is 0.141. The molecule has 1 aromatic carbocycles. The second kappa shape index (κ2) is 18.3. The highest BCUT2D eigenvalue weighted by atomic mass is 32.2. The number of thiophene rings is 1. The van der Waals surface area contributed by atoms with Crippen LogP contribution in [0.5, 0.6) is 5.75 Å². The molecule has 0 radical (unpaired) electrons. The summed E-state index contributed by atoms with van der Waals surface area (Å²) in [6.07, 6.45) is -9.28. The minimum atomic E-state index is -5.23. The van der Waals surface area contributed by atoms with Gasteiger partial charge in [-0.3, -0.25) is 19.7 Å². The molecule has 1 aliphatic heterocycles. The maximum absolute atomic E-state index is 14.2. The van der Waals surface area contributed by atoms with Gasteiger partial charge in [-0.15, -0.1) is 11.3 Å². The molecule has 2 atom stereocenters. The van der Waals surface area contributed by atoms with E-state index < -0.39 is 75.9 Å². The summed E-state index contributed by atoms with van der Waals surface area (Å²) in [6, 6.07) is 4.11. The second-order valence-corrected chi connectivity index (χ2v) is 12.3. The van der Waals surface area contributed by atoms with Crippen molar-refractivity contribution in [2.24, 2.45) is 5.73 Å². The minimum Gasteiger partial charge on any atom is -0.480 e. The molecular weight excluding hydrogens is 764 g/mol. The summed E-state index contributed by atoms with van der Waals surface area (Å²) in [4.78, 5) is 58.9. The van der Waals surface area contributed by atoms with Gasteiger partial charge in [0.1, 0.15) is 22.5 Å². The quantitative estimate of drug-likeness (QED) is 0.0505. The molecule has 1 aromatic heterocycles. The Morgan fingerprint density at radius 2 is 1.65 bits per heavy atom. The van der Waals surface area contributed by atoms with Crippen LogP contribution in [0.2, 0.25) is 0 Å². The van der Waals surface area contributed by atoms with Crippen LogP contribution in [0.4, 0.5) is 35.3 Å². The molecule has 0 saturated carbocycles. The largest absolute Gasteiger partial charge is 0.494 e. The van der Waals surface area contributed by atoms with E-state index in [2.05, 4.69) is 5.32 Å². The summed E-state index contributed by atoms with van der Waals surface area (Å²) >= 11 is 1.07. The summed E-state index contributed by atoms with van der Waals surface area (Å²) in [5, 5.41) is 25.8. The third kappa shape index (κ3) is 15.2. The monoisotopic (exact) mass is 788 g/mol. The molecule has 1 amide bonds. The number of nitrogen functional groups attached to an aromatic ring is 1. The molecule has 3 rings (SSSR count). The molecule has 1 fully saturated rings. The van der Waals surface area contributed by atoms with Gasteiger partial charge in [0.15, 0.2) is 11.6 Å². The van der Waals surface area contributed by atoms with Crippen molar-refractivity contribution in [3.05, 3.63) is 51.5 Å².